The van der Waals surface area contributed by atoms with E-state index in [1.165, 1.54) is 0 Å². The fourth-order valence-electron chi connectivity index (χ4n) is 3.17. The SMILES string of the molecule is CC(C)[C@H]1NC(=O)[C@@H](CCC(=O)O)NC(=O)[C@@H](C(C)C)NC(=O)[C@@H](CCC(=O)O)NC1=O. The third-order valence-electron chi connectivity index (χ3n) is 5.05. The van der Waals surface area contributed by atoms with Gasteiger partial charge in [0.15, 0.2) is 0 Å². The van der Waals surface area contributed by atoms with Crippen LogP contribution in [0.3, 0.4) is 0 Å². The highest BCUT2D eigenvalue weighted by atomic mass is 16.4. The first-order valence-corrected chi connectivity index (χ1v) is 10.5. The Morgan fingerprint density at radius 2 is 0.969 bits per heavy atom. The molecular weight excluding hydrogens is 424 g/mol. The van der Waals surface area contributed by atoms with E-state index in [4.69, 9.17) is 10.2 Å². The summed E-state index contributed by atoms with van der Waals surface area (Å²) in [4.78, 5) is 73.3. The van der Waals surface area contributed by atoms with Crippen LogP contribution in [-0.4, -0.2) is 69.9 Å². The zero-order chi connectivity index (χ0) is 24.6. The topological polar surface area (TPSA) is 191 Å². The van der Waals surface area contributed by atoms with Crippen molar-refractivity contribution < 1.29 is 39.0 Å². The fourth-order valence-corrected chi connectivity index (χ4v) is 3.17. The zero-order valence-electron chi connectivity index (χ0n) is 18.6. The summed E-state index contributed by atoms with van der Waals surface area (Å²) in [6.45, 7) is 6.62. The van der Waals surface area contributed by atoms with Crippen molar-refractivity contribution in [1.82, 2.24) is 21.3 Å². The molecule has 4 amide bonds. The highest BCUT2D eigenvalue weighted by Crippen LogP contribution is 2.11. The van der Waals surface area contributed by atoms with Crippen molar-refractivity contribution >= 4 is 35.6 Å². The molecule has 0 aromatic carbocycles. The molecule has 180 valence electrons. The maximum absolute atomic E-state index is 12.8. The maximum Gasteiger partial charge on any atom is 0.303 e. The summed E-state index contributed by atoms with van der Waals surface area (Å²) in [5.41, 5.74) is 0. The molecule has 1 fully saturated rings. The van der Waals surface area contributed by atoms with Gasteiger partial charge in [-0.05, 0) is 24.7 Å². The Kier molecular flexibility index (Phi) is 10.1. The third kappa shape index (κ3) is 8.16. The molecule has 6 N–H and O–H groups in total. The Morgan fingerprint density at radius 1 is 0.656 bits per heavy atom. The molecule has 32 heavy (non-hydrogen) atoms. The number of hydrogen-bond donors (Lipinski definition) is 6. The molecule has 1 aliphatic heterocycles. The third-order valence-corrected chi connectivity index (χ3v) is 5.05. The van der Waals surface area contributed by atoms with Crippen LogP contribution in [-0.2, 0) is 28.8 Å². The van der Waals surface area contributed by atoms with Gasteiger partial charge in [-0.15, -0.1) is 0 Å². The number of nitrogens with one attached hydrogen (secondary N) is 4. The largest absolute Gasteiger partial charge is 0.481 e. The normalized spacial score (nSPS) is 25.2. The lowest BCUT2D eigenvalue weighted by atomic mass is 9.98. The summed E-state index contributed by atoms with van der Waals surface area (Å²) in [6, 6.07) is -4.64. The van der Waals surface area contributed by atoms with Gasteiger partial charge in [0.25, 0.3) is 0 Å². The lowest BCUT2D eigenvalue weighted by Gasteiger charge is -2.31. The smallest absolute Gasteiger partial charge is 0.303 e. The molecule has 0 saturated carbocycles. The molecule has 0 spiro atoms. The van der Waals surface area contributed by atoms with E-state index in [1.54, 1.807) is 27.7 Å². The van der Waals surface area contributed by atoms with Crippen molar-refractivity contribution in [3.8, 4) is 0 Å². The minimum Gasteiger partial charge on any atom is -0.481 e. The molecule has 0 bridgehead atoms. The molecule has 1 saturated heterocycles. The van der Waals surface area contributed by atoms with Gasteiger partial charge in [-0.3, -0.25) is 28.8 Å². The summed E-state index contributed by atoms with van der Waals surface area (Å²) < 4.78 is 0. The van der Waals surface area contributed by atoms with Crippen LogP contribution in [0.1, 0.15) is 53.4 Å². The van der Waals surface area contributed by atoms with Gasteiger partial charge in [0.05, 0.1) is 0 Å². The van der Waals surface area contributed by atoms with Gasteiger partial charge in [0, 0.05) is 12.8 Å². The number of aliphatic carboxylic acids is 2. The number of amides is 4. The molecule has 12 heteroatoms. The van der Waals surface area contributed by atoms with E-state index in [9.17, 15) is 28.8 Å². The molecule has 0 aliphatic carbocycles. The number of carboxylic acid groups (broad SMARTS) is 2. The standard InChI is InChI=1S/C20H32N4O8/c1-9(2)15-19(31)21-12(6-8-14(27)28)18(30)24-16(10(3)4)20(32)22-11(17(29)23-15)5-7-13(25)26/h9-12,15-16H,5-8H2,1-4H3,(H,21,31)(H,22,32)(H,23,29)(H,24,30)(H,25,26)(H,27,28)/t11-,12-,15-,16-/m1/s1. The van der Waals surface area contributed by atoms with E-state index in [-0.39, 0.29) is 12.8 Å². The van der Waals surface area contributed by atoms with E-state index < -0.39 is 84.4 Å². The van der Waals surface area contributed by atoms with Crippen molar-refractivity contribution in [3.05, 3.63) is 0 Å². The van der Waals surface area contributed by atoms with Gasteiger partial charge in [-0.25, -0.2) is 0 Å². The Hall–Kier alpha value is -3.18. The zero-order valence-corrected chi connectivity index (χ0v) is 18.6. The van der Waals surface area contributed by atoms with E-state index >= 15 is 0 Å². The molecule has 0 radical (unpaired) electrons. The molecular formula is C20H32N4O8. The molecule has 0 aromatic heterocycles. The van der Waals surface area contributed by atoms with Gasteiger partial charge >= 0.3 is 11.9 Å². The van der Waals surface area contributed by atoms with Crippen LogP contribution >= 0.6 is 0 Å². The lowest BCUT2D eigenvalue weighted by molar-refractivity contribution is -0.140. The summed E-state index contributed by atoms with van der Waals surface area (Å²) in [5, 5.41) is 27.9. The quantitative estimate of drug-likeness (QED) is 0.267. The predicted octanol–water partition coefficient (Wildman–Crippen LogP) is -1.02. The molecule has 1 rings (SSSR count). The molecule has 4 atom stereocenters. The van der Waals surface area contributed by atoms with Crippen molar-refractivity contribution in [2.24, 2.45) is 11.8 Å². The minimum atomic E-state index is -1.23. The maximum atomic E-state index is 12.8. The van der Waals surface area contributed by atoms with Crippen LogP contribution in [0.2, 0.25) is 0 Å². The van der Waals surface area contributed by atoms with E-state index in [1.807, 2.05) is 0 Å². The number of carbonyl (C=O) groups excluding carboxylic acids is 4. The molecule has 0 unspecified atom stereocenters. The highest BCUT2D eigenvalue weighted by molar-refractivity contribution is 5.97. The van der Waals surface area contributed by atoms with Crippen LogP contribution in [0.4, 0.5) is 0 Å². The van der Waals surface area contributed by atoms with E-state index in [0.29, 0.717) is 0 Å². The molecule has 0 aromatic rings. The first kappa shape index (κ1) is 26.9. The summed E-state index contributed by atoms with van der Waals surface area (Å²) in [5.74, 6) is -5.99. The Bertz CT molecular complexity index is 690. The summed E-state index contributed by atoms with van der Waals surface area (Å²) >= 11 is 0. The van der Waals surface area contributed by atoms with Crippen LogP contribution in [0, 0.1) is 11.8 Å². The van der Waals surface area contributed by atoms with Crippen LogP contribution in [0.15, 0.2) is 0 Å². The molecule has 12 nitrogen and oxygen atoms in total. The van der Waals surface area contributed by atoms with Crippen LogP contribution in [0.25, 0.3) is 0 Å². The lowest BCUT2D eigenvalue weighted by Crippen LogP contribution is -2.63. The second-order valence-electron chi connectivity index (χ2n) is 8.45. The van der Waals surface area contributed by atoms with E-state index in [2.05, 4.69) is 21.3 Å². The molecule has 1 aliphatic rings. The first-order chi connectivity index (χ1) is 14.8. The van der Waals surface area contributed by atoms with Gasteiger partial charge in [0.2, 0.25) is 23.6 Å². The number of rotatable bonds is 8. The van der Waals surface area contributed by atoms with Gasteiger partial charge in [-0.1, -0.05) is 27.7 Å². The second kappa shape index (κ2) is 12.0. The Labute approximate surface area is 185 Å². The Balaban J connectivity index is 3.32. The number of carboxylic acids is 2. The highest BCUT2D eigenvalue weighted by Gasteiger charge is 2.36. The van der Waals surface area contributed by atoms with Crippen LogP contribution in [0.5, 0.6) is 0 Å². The van der Waals surface area contributed by atoms with Gasteiger partial charge in [-0.2, -0.15) is 0 Å². The van der Waals surface area contributed by atoms with Crippen molar-refractivity contribution in [2.75, 3.05) is 0 Å². The van der Waals surface area contributed by atoms with Gasteiger partial charge in [0.1, 0.15) is 24.2 Å². The van der Waals surface area contributed by atoms with Crippen LogP contribution < -0.4 is 21.3 Å². The average molecular weight is 456 g/mol. The number of hydrogen-bond acceptors (Lipinski definition) is 6. The minimum absolute atomic E-state index is 0.209. The van der Waals surface area contributed by atoms with Gasteiger partial charge < -0.3 is 31.5 Å². The molecule has 1 heterocycles. The Morgan fingerprint density at radius 3 is 1.22 bits per heavy atom. The first-order valence-electron chi connectivity index (χ1n) is 10.5. The average Bonchev–Trinajstić information content (AvgIpc) is 2.68. The second-order valence-corrected chi connectivity index (χ2v) is 8.45. The number of carbonyl (C=O) groups is 6. The van der Waals surface area contributed by atoms with Crippen molar-refractivity contribution in [1.29, 1.82) is 0 Å². The monoisotopic (exact) mass is 456 g/mol. The van der Waals surface area contributed by atoms with Crippen molar-refractivity contribution in [3.63, 3.8) is 0 Å². The fraction of sp³-hybridized carbons (Fsp3) is 0.700. The van der Waals surface area contributed by atoms with Crippen molar-refractivity contribution in [2.45, 2.75) is 77.5 Å². The predicted molar refractivity (Wildman–Crippen MR) is 111 cm³/mol. The summed E-state index contributed by atoms with van der Waals surface area (Å²) in [7, 11) is 0. The van der Waals surface area contributed by atoms with E-state index in [0.717, 1.165) is 0 Å². The summed E-state index contributed by atoms with van der Waals surface area (Å²) in [6.07, 6.45) is -1.21.